The summed E-state index contributed by atoms with van der Waals surface area (Å²) in [4.78, 5) is 4.77. The molecule has 2 rings (SSSR count). The predicted molar refractivity (Wildman–Crippen MR) is 68.4 cm³/mol. The number of likely N-dealkylation sites (tertiary alicyclic amines) is 1. The van der Waals surface area contributed by atoms with Gasteiger partial charge in [0, 0.05) is 12.6 Å². The van der Waals surface area contributed by atoms with Crippen molar-refractivity contribution in [2.75, 3.05) is 27.2 Å². The first-order valence-electron chi connectivity index (χ1n) is 6.28. The quantitative estimate of drug-likeness (QED) is 0.795. The highest BCUT2D eigenvalue weighted by Gasteiger charge is 2.20. The molecule has 17 heavy (non-hydrogen) atoms. The van der Waals surface area contributed by atoms with Gasteiger partial charge in [0.2, 0.25) is 0 Å². The van der Waals surface area contributed by atoms with E-state index in [0.717, 1.165) is 6.54 Å². The summed E-state index contributed by atoms with van der Waals surface area (Å²) in [7, 11) is 4.34. The Bertz CT molecular complexity index is 342. The van der Waals surface area contributed by atoms with E-state index < -0.39 is 0 Å². The monoisotopic (exact) mass is 236 g/mol. The lowest BCUT2D eigenvalue weighted by Gasteiger charge is -2.35. The summed E-state index contributed by atoms with van der Waals surface area (Å²) in [6, 6.07) is 7.49. The second-order valence-corrected chi connectivity index (χ2v) is 5.08. The van der Waals surface area contributed by atoms with Gasteiger partial charge in [-0.3, -0.25) is 4.90 Å². The van der Waals surface area contributed by atoms with Crippen molar-refractivity contribution in [1.82, 2.24) is 9.80 Å². The van der Waals surface area contributed by atoms with Crippen LogP contribution in [0, 0.1) is 5.82 Å². The third-order valence-corrected chi connectivity index (χ3v) is 3.66. The Morgan fingerprint density at radius 1 is 1.24 bits per heavy atom. The van der Waals surface area contributed by atoms with Crippen LogP contribution in [0.4, 0.5) is 4.39 Å². The summed E-state index contributed by atoms with van der Waals surface area (Å²) in [6.07, 6.45) is 2.46. The molecule has 3 heteroatoms. The second kappa shape index (κ2) is 5.61. The van der Waals surface area contributed by atoms with Crippen molar-refractivity contribution in [3.8, 4) is 0 Å². The van der Waals surface area contributed by atoms with Crippen molar-refractivity contribution < 1.29 is 4.39 Å². The van der Waals surface area contributed by atoms with Crippen LogP contribution in [0.2, 0.25) is 0 Å². The van der Waals surface area contributed by atoms with Crippen LogP contribution < -0.4 is 0 Å². The minimum Gasteiger partial charge on any atom is -0.306 e. The zero-order valence-corrected chi connectivity index (χ0v) is 10.7. The van der Waals surface area contributed by atoms with Crippen molar-refractivity contribution in [2.24, 2.45) is 0 Å². The molecule has 1 aliphatic heterocycles. The molecule has 0 amide bonds. The summed E-state index contributed by atoms with van der Waals surface area (Å²) in [5.74, 6) is -0.157. The fraction of sp³-hybridized carbons (Fsp3) is 0.571. The van der Waals surface area contributed by atoms with Gasteiger partial charge in [0.1, 0.15) is 5.82 Å². The molecule has 0 spiro atoms. The maximum absolute atomic E-state index is 12.8. The van der Waals surface area contributed by atoms with Gasteiger partial charge in [0.05, 0.1) is 0 Å². The molecule has 0 N–H and O–H groups in total. The minimum absolute atomic E-state index is 0.157. The molecule has 94 valence electrons. The van der Waals surface area contributed by atoms with Crippen molar-refractivity contribution >= 4 is 0 Å². The molecule has 2 nitrogen and oxygen atoms in total. The van der Waals surface area contributed by atoms with E-state index in [1.54, 1.807) is 0 Å². The third kappa shape index (κ3) is 3.51. The van der Waals surface area contributed by atoms with Crippen molar-refractivity contribution in [2.45, 2.75) is 25.4 Å². The molecule has 1 heterocycles. The maximum atomic E-state index is 12.8. The summed E-state index contributed by atoms with van der Waals surface area (Å²) >= 11 is 0. The summed E-state index contributed by atoms with van der Waals surface area (Å²) in [5, 5.41) is 0. The first kappa shape index (κ1) is 12.5. The predicted octanol–water partition coefficient (Wildman–Crippen LogP) is 2.35. The lowest BCUT2D eigenvalue weighted by molar-refractivity contribution is 0.139. The molecule has 1 saturated heterocycles. The van der Waals surface area contributed by atoms with Gasteiger partial charge in [-0.1, -0.05) is 12.1 Å². The Kier molecular flexibility index (Phi) is 4.13. The highest BCUT2D eigenvalue weighted by Crippen LogP contribution is 2.16. The van der Waals surface area contributed by atoms with E-state index in [1.807, 2.05) is 12.1 Å². The first-order chi connectivity index (χ1) is 8.15. The van der Waals surface area contributed by atoms with Gasteiger partial charge in [-0.05, 0) is 57.7 Å². The van der Waals surface area contributed by atoms with Gasteiger partial charge in [0.15, 0.2) is 0 Å². The number of nitrogens with zero attached hydrogens (tertiary/aromatic N) is 2. The van der Waals surface area contributed by atoms with Crippen LogP contribution in [0.25, 0.3) is 0 Å². The Balaban J connectivity index is 1.88. The molecule has 0 atom stereocenters. The van der Waals surface area contributed by atoms with Crippen molar-refractivity contribution in [3.63, 3.8) is 0 Å². The highest BCUT2D eigenvalue weighted by atomic mass is 19.1. The van der Waals surface area contributed by atoms with Gasteiger partial charge >= 0.3 is 0 Å². The number of benzene rings is 1. The third-order valence-electron chi connectivity index (χ3n) is 3.66. The van der Waals surface area contributed by atoms with E-state index in [9.17, 15) is 4.39 Å². The van der Waals surface area contributed by atoms with Crippen LogP contribution in [0.15, 0.2) is 24.3 Å². The molecule has 1 fully saturated rings. The van der Waals surface area contributed by atoms with Crippen LogP contribution >= 0.6 is 0 Å². The molecule has 0 aromatic heterocycles. The number of hydrogen-bond donors (Lipinski definition) is 0. The summed E-state index contributed by atoms with van der Waals surface area (Å²) in [5.41, 5.74) is 1.19. The van der Waals surface area contributed by atoms with E-state index >= 15 is 0 Å². The van der Waals surface area contributed by atoms with E-state index in [4.69, 9.17) is 0 Å². The smallest absolute Gasteiger partial charge is 0.123 e. The van der Waals surface area contributed by atoms with E-state index in [2.05, 4.69) is 23.9 Å². The fourth-order valence-electron chi connectivity index (χ4n) is 2.44. The van der Waals surface area contributed by atoms with E-state index in [1.165, 1.54) is 43.6 Å². The van der Waals surface area contributed by atoms with Gasteiger partial charge in [0.25, 0.3) is 0 Å². The van der Waals surface area contributed by atoms with Crippen LogP contribution in [0.1, 0.15) is 18.4 Å². The van der Waals surface area contributed by atoms with Gasteiger partial charge in [-0.25, -0.2) is 4.39 Å². The lowest BCUT2D eigenvalue weighted by Crippen LogP contribution is -2.41. The summed E-state index contributed by atoms with van der Waals surface area (Å²) in [6.45, 7) is 3.27. The Morgan fingerprint density at radius 3 is 2.41 bits per heavy atom. The molecule has 0 aliphatic carbocycles. The highest BCUT2D eigenvalue weighted by molar-refractivity contribution is 5.15. The van der Waals surface area contributed by atoms with Crippen molar-refractivity contribution in [3.05, 3.63) is 35.6 Å². The first-order valence-corrected chi connectivity index (χ1v) is 6.28. The standard InChI is InChI=1S/C14H21FN2/c1-16-9-7-14(8-10-16)17(2)11-12-3-5-13(15)6-4-12/h3-6,14H,7-11H2,1-2H3. The normalized spacial score (nSPS) is 18.8. The van der Waals surface area contributed by atoms with Crippen LogP contribution in [0.3, 0.4) is 0 Å². The lowest BCUT2D eigenvalue weighted by atomic mass is 10.0. The van der Waals surface area contributed by atoms with Crippen LogP contribution in [0.5, 0.6) is 0 Å². The zero-order chi connectivity index (χ0) is 12.3. The average Bonchev–Trinajstić information content (AvgIpc) is 2.33. The maximum Gasteiger partial charge on any atom is 0.123 e. The van der Waals surface area contributed by atoms with Crippen LogP contribution in [-0.4, -0.2) is 43.0 Å². The molecule has 0 radical (unpaired) electrons. The van der Waals surface area contributed by atoms with Gasteiger partial charge in [-0.2, -0.15) is 0 Å². The average molecular weight is 236 g/mol. The second-order valence-electron chi connectivity index (χ2n) is 5.08. The fourth-order valence-corrected chi connectivity index (χ4v) is 2.44. The molecule has 0 unspecified atom stereocenters. The van der Waals surface area contributed by atoms with E-state index in [-0.39, 0.29) is 5.82 Å². The van der Waals surface area contributed by atoms with Crippen molar-refractivity contribution in [1.29, 1.82) is 0 Å². The molecular formula is C14H21FN2. The molecule has 1 aromatic carbocycles. The van der Waals surface area contributed by atoms with E-state index in [0.29, 0.717) is 6.04 Å². The number of rotatable bonds is 3. The molecule has 1 aliphatic rings. The molecular weight excluding hydrogens is 215 g/mol. The summed E-state index contributed by atoms with van der Waals surface area (Å²) < 4.78 is 12.8. The number of halogens is 1. The molecule has 0 bridgehead atoms. The SMILES string of the molecule is CN1CCC(N(C)Cc2ccc(F)cc2)CC1. The topological polar surface area (TPSA) is 6.48 Å². The largest absolute Gasteiger partial charge is 0.306 e. The Morgan fingerprint density at radius 2 is 1.82 bits per heavy atom. The number of piperidine rings is 1. The zero-order valence-electron chi connectivity index (χ0n) is 10.7. The molecule has 0 saturated carbocycles. The number of hydrogen-bond acceptors (Lipinski definition) is 2. The van der Waals surface area contributed by atoms with Gasteiger partial charge in [-0.15, -0.1) is 0 Å². The molecule has 1 aromatic rings. The minimum atomic E-state index is -0.157. The Labute approximate surface area is 103 Å². The Hall–Kier alpha value is -0.930. The van der Waals surface area contributed by atoms with Gasteiger partial charge < -0.3 is 4.90 Å². The van der Waals surface area contributed by atoms with Crippen LogP contribution in [-0.2, 0) is 6.54 Å².